The zero-order valence-electron chi connectivity index (χ0n) is 11.1. The van der Waals surface area contributed by atoms with E-state index in [9.17, 15) is 0 Å². The fourth-order valence-electron chi connectivity index (χ4n) is 2.18. The molecule has 0 saturated heterocycles. The molecule has 0 fully saturated rings. The minimum atomic E-state index is 0.529. The summed E-state index contributed by atoms with van der Waals surface area (Å²) in [6, 6.07) is 14.3. The van der Waals surface area contributed by atoms with Gasteiger partial charge in [0.15, 0.2) is 0 Å². The van der Waals surface area contributed by atoms with Crippen LogP contribution in [0.3, 0.4) is 0 Å². The van der Waals surface area contributed by atoms with Gasteiger partial charge in [-0.3, -0.25) is 0 Å². The van der Waals surface area contributed by atoms with Crippen LogP contribution in [0.25, 0.3) is 11.0 Å². The molecule has 0 bridgehead atoms. The lowest BCUT2D eigenvalue weighted by molar-refractivity contribution is 0.304. The first-order chi connectivity index (χ1) is 9.24. The van der Waals surface area contributed by atoms with Gasteiger partial charge in [-0.1, -0.05) is 30.3 Å². The summed E-state index contributed by atoms with van der Waals surface area (Å²) in [6.45, 7) is 4.64. The molecule has 0 aliphatic rings. The van der Waals surface area contributed by atoms with Gasteiger partial charge >= 0.3 is 0 Å². The van der Waals surface area contributed by atoms with Crippen molar-refractivity contribution >= 4 is 11.0 Å². The van der Waals surface area contributed by atoms with Crippen molar-refractivity contribution in [3.05, 3.63) is 65.4 Å². The highest BCUT2D eigenvalue weighted by Crippen LogP contribution is 2.24. The molecule has 2 heteroatoms. The Morgan fingerprint density at radius 2 is 1.89 bits per heavy atom. The van der Waals surface area contributed by atoms with Crippen molar-refractivity contribution in [3.63, 3.8) is 0 Å². The molecule has 0 N–H and O–H groups in total. The van der Waals surface area contributed by atoms with Crippen LogP contribution in [0.15, 0.2) is 53.1 Å². The van der Waals surface area contributed by atoms with Crippen molar-refractivity contribution < 1.29 is 9.15 Å². The van der Waals surface area contributed by atoms with Crippen LogP contribution >= 0.6 is 0 Å². The summed E-state index contributed by atoms with van der Waals surface area (Å²) in [6.07, 6.45) is 1.78. The number of aryl methyl sites for hydroxylation is 2. The summed E-state index contributed by atoms with van der Waals surface area (Å²) in [4.78, 5) is 0. The van der Waals surface area contributed by atoms with Crippen molar-refractivity contribution in [1.82, 2.24) is 0 Å². The van der Waals surface area contributed by atoms with E-state index in [2.05, 4.69) is 19.1 Å². The Morgan fingerprint density at radius 1 is 1.05 bits per heavy atom. The minimum Gasteiger partial charge on any atom is -0.488 e. The van der Waals surface area contributed by atoms with Crippen molar-refractivity contribution in [3.8, 4) is 5.75 Å². The average molecular weight is 252 g/mol. The van der Waals surface area contributed by atoms with E-state index in [0.717, 1.165) is 27.8 Å². The molecule has 0 aliphatic heterocycles. The van der Waals surface area contributed by atoms with E-state index in [1.54, 1.807) is 6.26 Å². The van der Waals surface area contributed by atoms with Gasteiger partial charge in [-0.05, 0) is 37.1 Å². The van der Waals surface area contributed by atoms with Crippen molar-refractivity contribution in [2.24, 2.45) is 0 Å². The lowest BCUT2D eigenvalue weighted by atomic mass is 10.1. The molecule has 1 heterocycles. The number of para-hydroxylation sites is 1. The molecule has 0 saturated carbocycles. The largest absolute Gasteiger partial charge is 0.488 e. The molecule has 0 unspecified atom stereocenters. The predicted molar refractivity (Wildman–Crippen MR) is 76.5 cm³/mol. The number of ether oxygens (including phenoxy) is 1. The number of hydrogen-bond acceptors (Lipinski definition) is 2. The molecule has 0 radical (unpaired) electrons. The second kappa shape index (κ2) is 4.81. The number of rotatable bonds is 3. The first-order valence-electron chi connectivity index (χ1n) is 6.39. The molecule has 2 nitrogen and oxygen atoms in total. The lowest BCUT2D eigenvalue weighted by Crippen LogP contribution is -1.95. The maximum Gasteiger partial charge on any atom is 0.134 e. The Morgan fingerprint density at radius 3 is 2.74 bits per heavy atom. The van der Waals surface area contributed by atoms with Crippen LogP contribution in [0.4, 0.5) is 0 Å². The summed E-state index contributed by atoms with van der Waals surface area (Å²) in [5.41, 5.74) is 4.35. The summed E-state index contributed by atoms with van der Waals surface area (Å²) in [7, 11) is 0. The number of fused-ring (bicyclic) bond motifs is 1. The quantitative estimate of drug-likeness (QED) is 0.678. The number of benzene rings is 2. The number of furan rings is 1. The van der Waals surface area contributed by atoms with Crippen LogP contribution < -0.4 is 4.74 Å². The van der Waals surface area contributed by atoms with Crippen LogP contribution in [0.2, 0.25) is 0 Å². The molecule has 0 amide bonds. The molecule has 96 valence electrons. The van der Waals surface area contributed by atoms with E-state index in [0.29, 0.717) is 6.61 Å². The van der Waals surface area contributed by atoms with E-state index in [-0.39, 0.29) is 0 Å². The highest BCUT2D eigenvalue weighted by molar-refractivity contribution is 5.81. The minimum absolute atomic E-state index is 0.529. The first kappa shape index (κ1) is 11.8. The molecular formula is C17H16O2. The Hall–Kier alpha value is -2.22. The predicted octanol–water partition coefficient (Wildman–Crippen LogP) is 4.63. The van der Waals surface area contributed by atoms with Gasteiger partial charge in [-0.2, -0.15) is 0 Å². The van der Waals surface area contributed by atoms with Gasteiger partial charge in [0.05, 0.1) is 6.26 Å². The van der Waals surface area contributed by atoms with Crippen LogP contribution in [-0.2, 0) is 6.61 Å². The van der Waals surface area contributed by atoms with Crippen molar-refractivity contribution in [1.29, 1.82) is 0 Å². The van der Waals surface area contributed by atoms with Crippen molar-refractivity contribution in [2.45, 2.75) is 20.5 Å². The van der Waals surface area contributed by atoms with E-state index >= 15 is 0 Å². The third kappa shape index (κ3) is 2.34. The highest BCUT2D eigenvalue weighted by Gasteiger charge is 2.07. The first-order valence-corrected chi connectivity index (χ1v) is 6.39. The fourth-order valence-corrected chi connectivity index (χ4v) is 2.18. The van der Waals surface area contributed by atoms with Gasteiger partial charge in [0.1, 0.15) is 17.9 Å². The maximum absolute atomic E-state index is 5.86. The third-order valence-electron chi connectivity index (χ3n) is 3.29. The van der Waals surface area contributed by atoms with Crippen LogP contribution in [0.5, 0.6) is 5.75 Å². The maximum atomic E-state index is 5.86. The topological polar surface area (TPSA) is 22.4 Å². The Labute approximate surface area is 112 Å². The van der Waals surface area contributed by atoms with E-state index in [4.69, 9.17) is 9.15 Å². The molecule has 0 atom stereocenters. The van der Waals surface area contributed by atoms with Gasteiger partial charge in [-0.15, -0.1) is 0 Å². The summed E-state index contributed by atoms with van der Waals surface area (Å²) >= 11 is 0. The molecule has 2 aromatic carbocycles. The van der Waals surface area contributed by atoms with E-state index in [1.807, 2.05) is 37.3 Å². The second-order valence-electron chi connectivity index (χ2n) is 4.81. The fraction of sp³-hybridized carbons (Fsp3) is 0.176. The molecular weight excluding hydrogens is 236 g/mol. The molecule has 19 heavy (non-hydrogen) atoms. The van der Waals surface area contributed by atoms with E-state index in [1.165, 1.54) is 5.56 Å². The zero-order valence-corrected chi connectivity index (χ0v) is 11.1. The monoisotopic (exact) mass is 252 g/mol. The van der Waals surface area contributed by atoms with Crippen LogP contribution in [0, 0.1) is 13.8 Å². The third-order valence-corrected chi connectivity index (χ3v) is 3.29. The summed E-state index contributed by atoms with van der Waals surface area (Å²) in [5, 5.41) is 1.12. The normalized spacial score (nSPS) is 10.8. The summed E-state index contributed by atoms with van der Waals surface area (Å²) in [5.74, 6) is 0.920. The van der Waals surface area contributed by atoms with Gasteiger partial charge in [0.2, 0.25) is 0 Å². The molecule has 1 aromatic heterocycles. The second-order valence-corrected chi connectivity index (χ2v) is 4.81. The van der Waals surface area contributed by atoms with Gasteiger partial charge < -0.3 is 9.15 Å². The molecule has 3 rings (SSSR count). The van der Waals surface area contributed by atoms with Gasteiger partial charge in [0.25, 0.3) is 0 Å². The van der Waals surface area contributed by atoms with Gasteiger partial charge in [-0.25, -0.2) is 0 Å². The zero-order chi connectivity index (χ0) is 13.2. The molecule has 0 spiro atoms. The van der Waals surface area contributed by atoms with Gasteiger partial charge in [0, 0.05) is 10.9 Å². The standard InChI is InChI=1S/C17H16O2/c1-12-7-8-15-14(11-19-17(15)9-12)10-18-16-6-4-3-5-13(16)2/h3-9,11H,10H2,1-2H3. The van der Waals surface area contributed by atoms with Crippen LogP contribution in [-0.4, -0.2) is 0 Å². The SMILES string of the molecule is Cc1ccc2c(COc3ccccc3C)coc2c1. The number of hydrogen-bond donors (Lipinski definition) is 0. The molecule has 3 aromatic rings. The average Bonchev–Trinajstić information content (AvgIpc) is 2.80. The van der Waals surface area contributed by atoms with Crippen molar-refractivity contribution in [2.75, 3.05) is 0 Å². The molecule has 0 aliphatic carbocycles. The summed E-state index contributed by atoms with van der Waals surface area (Å²) < 4.78 is 11.4. The Bertz CT molecular complexity index is 710. The van der Waals surface area contributed by atoms with Crippen LogP contribution in [0.1, 0.15) is 16.7 Å². The Balaban J connectivity index is 1.84. The Kier molecular flexibility index (Phi) is 3.00. The highest BCUT2D eigenvalue weighted by atomic mass is 16.5. The van der Waals surface area contributed by atoms with E-state index < -0.39 is 0 Å². The smallest absolute Gasteiger partial charge is 0.134 e. The lowest BCUT2D eigenvalue weighted by Gasteiger charge is -2.07.